The number of carbonyl (C=O) groups is 1. The minimum absolute atomic E-state index is 0. The van der Waals surface area contributed by atoms with E-state index in [4.69, 9.17) is 5.73 Å². The third-order valence-electron chi connectivity index (χ3n) is 4.55. The Morgan fingerprint density at radius 2 is 1.96 bits per heavy atom. The molecule has 5 heteroatoms. The number of hydrogen-bond acceptors (Lipinski definition) is 3. The number of nitrogens with two attached hydrogens (primary N) is 1. The molecule has 1 atom stereocenters. The number of anilines is 1. The first kappa shape index (κ1) is 19.3. The number of piperidine rings is 1. The van der Waals surface area contributed by atoms with Crippen LogP contribution in [0.15, 0.2) is 54.6 Å². The first-order valence-electron chi connectivity index (χ1n) is 8.61. The van der Waals surface area contributed by atoms with Crippen molar-refractivity contribution < 1.29 is 4.79 Å². The smallest absolute Gasteiger partial charge is 0.251 e. The van der Waals surface area contributed by atoms with Gasteiger partial charge < -0.3 is 11.1 Å². The molecule has 0 spiro atoms. The van der Waals surface area contributed by atoms with Gasteiger partial charge in [0, 0.05) is 30.9 Å². The standard InChI is InChI=1S/C20H25N3O.ClH/c21-19-10-4-6-16(12-19)14-23-11-5-7-17(15-23)13-22-20(24)18-8-2-1-3-9-18;/h1-4,6,8-10,12,17H,5,7,11,13-15,21H2,(H,22,24);1H. The molecule has 0 aromatic heterocycles. The Bertz CT molecular complexity index is 678. The van der Waals surface area contributed by atoms with E-state index in [1.165, 1.54) is 18.4 Å². The number of halogens is 1. The second-order valence-electron chi connectivity index (χ2n) is 6.56. The normalized spacial score (nSPS) is 17.5. The zero-order chi connectivity index (χ0) is 16.8. The van der Waals surface area contributed by atoms with Gasteiger partial charge in [-0.2, -0.15) is 0 Å². The Labute approximate surface area is 155 Å². The van der Waals surface area contributed by atoms with Gasteiger partial charge in [0.05, 0.1) is 0 Å². The SMILES string of the molecule is Cl.Nc1cccc(CN2CCCC(CNC(=O)c3ccccc3)C2)c1. The zero-order valence-electron chi connectivity index (χ0n) is 14.4. The molecule has 1 fully saturated rings. The number of nitrogens with one attached hydrogen (secondary N) is 1. The van der Waals surface area contributed by atoms with Gasteiger partial charge in [0.25, 0.3) is 5.91 Å². The van der Waals surface area contributed by atoms with Crippen molar-refractivity contribution >= 4 is 24.0 Å². The number of amides is 1. The monoisotopic (exact) mass is 359 g/mol. The number of rotatable bonds is 5. The van der Waals surface area contributed by atoms with Gasteiger partial charge in [-0.15, -0.1) is 12.4 Å². The third kappa shape index (κ3) is 5.76. The first-order valence-corrected chi connectivity index (χ1v) is 8.61. The van der Waals surface area contributed by atoms with Crippen LogP contribution in [0.2, 0.25) is 0 Å². The Morgan fingerprint density at radius 1 is 1.16 bits per heavy atom. The van der Waals surface area contributed by atoms with Crippen molar-refractivity contribution in [3.8, 4) is 0 Å². The summed E-state index contributed by atoms with van der Waals surface area (Å²) in [5.74, 6) is 0.524. The van der Waals surface area contributed by atoms with Crippen LogP contribution in [0.1, 0.15) is 28.8 Å². The van der Waals surface area contributed by atoms with Gasteiger partial charge >= 0.3 is 0 Å². The van der Waals surface area contributed by atoms with E-state index in [0.29, 0.717) is 5.92 Å². The molecule has 2 aromatic rings. The fourth-order valence-corrected chi connectivity index (χ4v) is 3.34. The zero-order valence-corrected chi connectivity index (χ0v) is 15.2. The third-order valence-corrected chi connectivity index (χ3v) is 4.55. The van der Waals surface area contributed by atoms with Crippen molar-refractivity contribution in [1.82, 2.24) is 10.2 Å². The second-order valence-corrected chi connectivity index (χ2v) is 6.56. The lowest BCUT2D eigenvalue weighted by Crippen LogP contribution is -2.40. The van der Waals surface area contributed by atoms with Gasteiger partial charge in [0.2, 0.25) is 0 Å². The lowest BCUT2D eigenvalue weighted by Gasteiger charge is -2.33. The summed E-state index contributed by atoms with van der Waals surface area (Å²) in [7, 11) is 0. The quantitative estimate of drug-likeness (QED) is 0.805. The second kappa shape index (κ2) is 9.44. The van der Waals surface area contributed by atoms with Crippen LogP contribution in [0.3, 0.4) is 0 Å². The summed E-state index contributed by atoms with van der Waals surface area (Å²) in [6.45, 7) is 3.79. The number of carbonyl (C=O) groups excluding carboxylic acids is 1. The molecular formula is C20H26ClN3O. The molecule has 1 heterocycles. The van der Waals surface area contributed by atoms with Crippen molar-refractivity contribution in [1.29, 1.82) is 0 Å². The summed E-state index contributed by atoms with van der Waals surface area (Å²) in [4.78, 5) is 14.6. The van der Waals surface area contributed by atoms with Crippen LogP contribution in [-0.2, 0) is 6.54 Å². The fourth-order valence-electron chi connectivity index (χ4n) is 3.34. The van der Waals surface area contributed by atoms with Crippen molar-refractivity contribution in [3.05, 3.63) is 65.7 Å². The predicted molar refractivity (Wildman–Crippen MR) is 105 cm³/mol. The van der Waals surface area contributed by atoms with Crippen LogP contribution < -0.4 is 11.1 Å². The highest BCUT2D eigenvalue weighted by Gasteiger charge is 2.20. The molecule has 1 saturated heterocycles. The van der Waals surface area contributed by atoms with E-state index in [1.54, 1.807) is 0 Å². The number of hydrogen-bond donors (Lipinski definition) is 2. The largest absolute Gasteiger partial charge is 0.399 e. The van der Waals surface area contributed by atoms with Crippen molar-refractivity contribution in [2.75, 3.05) is 25.4 Å². The van der Waals surface area contributed by atoms with E-state index in [1.807, 2.05) is 48.5 Å². The van der Waals surface area contributed by atoms with E-state index < -0.39 is 0 Å². The number of nitrogen functional groups attached to an aromatic ring is 1. The van der Waals surface area contributed by atoms with Crippen LogP contribution >= 0.6 is 12.4 Å². The minimum Gasteiger partial charge on any atom is -0.399 e. The molecule has 134 valence electrons. The molecule has 0 bridgehead atoms. The fraction of sp³-hybridized carbons (Fsp3) is 0.350. The molecule has 0 aliphatic carbocycles. The van der Waals surface area contributed by atoms with Crippen LogP contribution in [0.4, 0.5) is 5.69 Å². The van der Waals surface area contributed by atoms with E-state index >= 15 is 0 Å². The van der Waals surface area contributed by atoms with Gasteiger partial charge in [0.1, 0.15) is 0 Å². The van der Waals surface area contributed by atoms with E-state index in [-0.39, 0.29) is 18.3 Å². The summed E-state index contributed by atoms with van der Waals surface area (Å²) in [5.41, 5.74) is 8.66. The van der Waals surface area contributed by atoms with Gasteiger partial charge in [-0.3, -0.25) is 9.69 Å². The Hall–Kier alpha value is -2.04. The van der Waals surface area contributed by atoms with Crippen LogP contribution in [-0.4, -0.2) is 30.4 Å². The highest BCUT2D eigenvalue weighted by atomic mass is 35.5. The molecule has 25 heavy (non-hydrogen) atoms. The summed E-state index contributed by atoms with van der Waals surface area (Å²) in [5, 5.41) is 3.08. The molecule has 3 N–H and O–H groups in total. The van der Waals surface area contributed by atoms with Gasteiger partial charge in [-0.25, -0.2) is 0 Å². The van der Waals surface area contributed by atoms with Crippen molar-refractivity contribution in [3.63, 3.8) is 0 Å². The number of benzene rings is 2. The summed E-state index contributed by atoms with van der Waals surface area (Å²) in [6.07, 6.45) is 2.34. The molecule has 1 unspecified atom stereocenters. The molecule has 1 aliphatic rings. The van der Waals surface area contributed by atoms with Gasteiger partial charge in [-0.05, 0) is 55.1 Å². The maximum Gasteiger partial charge on any atom is 0.251 e. The molecular weight excluding hydrogens is 334 g/mol. The average molecular weight is 360 g/mol. The summed E-state index contributed by atoms with van der Waals surface area (Å²) < 4.78 is 0. The van der Waals surface area contributed by atoms with Crippen molar-refractivity contribution in [2.45, 2.75) is 19.4 Å². The number of likely N-dealkylation sites (tertiary alicyclic amines) is 1. The Kier molecular flexibility index (Phi) is 7.29. The van der Waals surface area contributed by atoms with Crippen LogP contribution in [0, 0.1) is 5.92 Å². The lowest BCUT2D eigenvalue weighted by molar-refractivity contribution is 0.0930. The molecule has 3 rings (SSSR count). The first-order chi connectivity index (χ1) is 11.7. The summed E-state index contributed by atoms with van der Waals surface area (Å²) in [6, 6.07) is 17.5. The molecule has 0 radical (unpaired) electrons. The van der Waals surface area contributed by atoms with E-state index in [0.717, 1.165) is 37.4 Å². The molecule has 4 nitrogen and oxygen atoms in total. The highest BCUT2D eigenvalue weighted by molar-refractivity contribution is 5.94. The molecule has 2 aromatic carbocycles. The predicted octanol–water partition coefficient (Wildman–Crippen LogP) is 3.33. The number of nitrogens with zero attached hydrogens (tertiary/aromatic N) is 1. The van der Waals surface area contributed by atoms with Crippen molar-refractivity contribution in [2.24, 2.45) is 5.92 Å². The lowest BCUT2D eigenvalue weighted by atomic mass is 9.97. The maximum atomic E-state index is 12.2. The van der Waals surface area contributed by atoms with Gasteiger partial charge in [-0.1, -0.05) is 30.3 Å². The van der Waals surface area contributed by atoms with E-state index in [2.05, 4.69) is 16.3 Å². The topological polar surface area (TPSA) is 58.4 Å². The summed E-state index contributed by atoms with van der Waals surface area (Å²) >= 11 is 0. The Balaban J connectivity index is 0.00000225. The van der Waals surface area contributed by atoms with Crippen LogP contribution in [0.5, 0.6) is 0 Å². The molecule has 1 aliphatic heterocycles. The molecule has 0 saturated carbocycles. The van der Waals surface area contributed by atoms with E-state index in [9.17, 15) is 4.79 Å². The molecule has 1 amide bonds. The highest BCUT2D eigenvalue weighted by Crippen LogP contribution is 2.19. The Morgan fingerprint density at radius 3 is 2.72 bits per heavy atom. The average Bonchev–Trinajstić information content (AvgIpc) is 2.61. The maximum absolute atomic E-state index is 12.2. The minimum atomic E-state index is 0. The van der Waals surface area contributed by atoms with Gasteiger partial charge in [0.15, 0.2) is 0 Å². The van der Waals surface area contributed by atoms with Crippen LogP contribution in [0.25, 0.3) is 0 Å².